The minimum absolute atomic E-state index is 0.0368. The number of para-hydroxylation sites is 1. The molecule has 0 radical (unpaired) electrons. The molecule has 2 amide bonds. The Morgan fingerprint density at radius 1 is 1.30 bits per heavy atom. The first-order valence-electron chi connectivity index (χ1n) is 8.59. The highest BCUT2D eigenvalue weighted by Gasteiger charge is 2.44. The van der Waals surface area contributed by atoms with Crippen LogP contribution in [0.2, 0.25) is 0 Å². The highest BCUT2D eigenvalue weighted by Crippen LogP contribution is 2.41. The summed E-state index contributed by atoms with van der Waals surface area (Å²) in [6.45, 7) is 7.26. The molecule has 140 valence electrons. The molecule has 0 fully saturated rings. The number of hydrogen-bond donors (Lipinski definition) is 1. The highest BCUT2D eigenvalue weighted by molar-refractivity contribution is 8.03. The molecule has 7 heteroatoms. The minimum atomic E-state index is -0.941. The molecule has 0 saturated carbocycles. The van der Waals surface area contributed by atoms with E-state index in [0.29, 0.717) is 10.6 Å². The second-order valence-corrected chi connectivity index (χ2v) is 8.06. The van der Waals surface area contributed by atoms with Gasteiger partial charge >= 0.3 is 0 Å². The number of anilines is 1. The highest BCUT2D eigenvalue weighted by atomic mass is 32.2. The summed E-state index contributed by atoms with van der Waals surface area (Å²) in [5, 5.41) is 21.8. The first-order chi connectivity index (χ1) is 12.7. The van der Waals surface area contributed by atoms with E-state index in [1.54, 1.807) is 18.7 Å². The molecule has 0 aromatic heterocycles. The molecule has 2 rings (SSSR count). The molecular weight excluding hydrogens is 360 g/mol. The van der Waals surface area contributed by atoms with Crippen LogP contribution in [0.3, 0.4) is 0 Å². The lowest BCUT2D eigenvalue weighted by Gasteiger charge is -2.34. The van der Waals surface area contributed by atoms with E-state index in [4.69, 9.17) is 0 Å². The van der Waals surface area contributed by atoms with E-state index in [-0.39, 0.29) is 17.7 Å². The Kier molecular flexibility index (Phi) is 6.30. The number of carbonyl (C=O) groups is 2. The van der Waals surface area contributed by atoms with Gasteiger partial charge in [0.15, 0.2) is 0 Å². The van der Waals surface area contributed by atoms with Crippen LogP contribution in [0.15, 0.2) is 40.9 Å². The van der Waals surface area contributed by atoms with Crippen LogP contribution < -0.4 is 10.2 Å². The molecule has 1 heterocycles. The Labute approximate surface area is 163 Å². The lowest BCUT2D eigenvalue weighted by Crippen LogP contribution is -2.45. The third kappa shape index (κ3) is 4.15. The number of allylic oxidation sites excluding steroid dienone is 1. The largest absolute Gasteiger partial charge is 0.319 e. The molecule has 1 aliphatic rings. The van der Waals surface area contributed by atoms with Crippen molar-refractivity contribution in [2.24, 2.45) is 11.3 Å². The van der Waals surface area contributed by atoms with Crippen LogP contribution >= 0.6 is 11.8 Å². The fourth-order valence-corrected chi connectivity index (χ4v) is 4.09. The Morgan fingerprint density at radius 3 is 2.44 bits per heavy atom. The van der Waals surface area contributed by atoms with Crippen LogP contribution in [0.25, 0.3) is 0 Å². The van der Waals surface area contributed by atoms with Crippen molar-refractivity contribution in [2.75, 3.05) is 10.7 Å². The number of thioether (sulfide) groups is 1. The predicted molar refractivity (Wildman–Crippen MR) is 105 cm³/mol. The van der Waals surface area contributed by atoms with Gasteiger partial charge in [0.1, 0.15) is 5.92 Å². The molecule has 1 aromatic rings. The van der Waals surface area contributed by atoms with Crippen molar-refractivity contribution in [3.05, 3.63) is 40.9 Å². The third-order valence-electron chi connectivity index (χ3n) is 4.49. The quantitative estimate of drug-likeness (QED) is 0.843. The summed E-state index contributed by atoms with van der Waals surface area (Å²) < 4.78 is 0. The number of nitrogens with zero attached hydrogens (tertiary/aromatic N) is 3. The topological polar surface area (TPSA) is 97.0 Å². The van der Waals surface area contributed by atoms with E-state index in [1.807, 2.05) is 50.2 Å². The lowest BCUT2D eigenvalue weighted by molar-refractivity contribution is -0.125. The summed E-state index contributed by atoms with van der Waals surface area (Å²) in [6, 6.07) is 13.4. The molecule has 1 aromatic carbocycles. The fourth-order valence-electron chi connectivity index (χ4n) is 3.06. The molecule has 0 spiro atoms. The molecular formula is C20H22N4O2S. The van der Waals surface area contributed by atoms with E-state index in [1.165, 1.54) is 0 Å². The monoisotopic (exact) mass is 382 g/mol. The van der Waals surface area contributed by atoms with Gasteiger partial charge in [0, 0.05) is 17.1 Å². The number of benzene rings is 1. The van der Waals surface area contributed by atoms with E-state index >= 15 is 0 Å². The van der Waals surface area contributed by atoms with Gasteiger partial charge in [0.25, 0.3) is 0 Å². The van der Waals surface area contributed by atoms with E-state index in [0.717, 1.165) is 17.4 Å². The van der Waals surface area contributed by atoms with Gasteiger partial charge in [-0.05, 0) is 26.0 Å². The van der Waals surface area contributed by atoms with Crippen molar-refractivity contribution in [3.63, 3.8) is 0 Å². The maximum Gasteiger partial charge on any atom is 0.243 e. The Morgan fingerprint density at radius 2 is 1.93 bits per heavy atom. The van der Waals surface area contributed by atoms with Gasteiger partial charge in [0.05, 0.1) is 28.5 Å². The molecule has 0 unspecified atom stereocenters. The third-order valence-corrected chi connectivity index (χ3v) is 5.48. The van der Waals surface area contributed by atoms with E-state index < -0.39 is 17.2 Å². The van der Waals surface area contributed by atoms with Crippen LogP contribution in [0.4, 0.5) is 5.69 Å². The summed E-state index contributed by atoms with van der Waals surface area (Å²) in [5.41, 5.74) is 0.210. The Bertz CT molecular complexity index is 847. The van der Waals surface area contributed by atoms with Crippen LogP contribution in [0.1, 0.15) is 27.7 Å². The predicted octanol–water partition coefficient (Wildman–Crippen LogP) is 3.19. The molecule has 27 heavy (non-hydrogen) atoms. The number of amides is 2. The average molecular weight is 382 g/mol. The minimum Gasteiger partial charge on any atom is -0.319 e. The zero-order valence-electron chi connectivity index (χ0n) is 15.8. The molecule has 1 N–H and O–H groups in total. The molecule has 1 aliphatic heterocycles. The maximum absolute atomic E-state index is 12.8. The number of nitrogens with one attached hydrogen (secondary N) is 1. The Balaban J connectivity index is 2.25. The zero-order chi connectivity index (χ0) is 20.2. The van der Waals surface area contributed by atoms with Gasteiger partial charge in [-0.2, -0.15) is 10.5 Å². The summed E-state index contributed by atoms with van der Waals surface area (Å²) in [4.78, 5) is 26.7. The van der Waals surface area contributed by atoms with Gasteiger partial charge in [0.2, 0.25) is 11.8 Å². The molecule has 0 bridgehead atoms. The summed E-state index contributed by atoms with van der Waals surface area (Å²) in [6.07, 6.45) is 0. The molecule has 0 aliphatic carbocycles. The summed E-state index contributed by atoms with van der Waals surface area (Å²) in [7, 11) is 0. The first-order valence-corrected chi connectivity index (χ1v) is 9.57. The van der Waals surface area contributed by atoms with Crippen LogP contribution in [-0.2, 0) is 9.59 Å². The molecule has 0 saturated heterocycles. The van der Waals surface area contributed by atoms with Crippen molar-refractivity contribution in [3.8, 4) is 12.1 Å². The molecule has 6 nitrogen and oxygen atoms in total. The van der Waals surface area contributed by atoms with Crippen LogP contribution in [0, 0.1) is 34.0 Å². The van der Waals surface area contributed by atoms with Crippen LogP contribution in [-0.4, -0.2) is 23.6 Å². The van der Waals surface area contributed by atoms with Gasteiger partial charge in [-0.3, -0.25) is 9.59 Å². The standard InChI is InChI=1S/C20H22N4O2S/c1-13(2)24(14-8-6-5-7-9-14)17(25)12-27-19-16(11-22)20(3,4)15(10-21)18(26)23-19/h5-9,13,15H,12H2,1-4H3,(H,23,26)/t15-/m0/s1. The van der Waals surface area contributed by atoms with Gasteiger partial charge in [-0.15, -0.1) is 0 Å². The van der Waals surface area contributed by atoms with Crippen LogP contribution in [0.5, 0.6) is 0 Å². The Hall–Kier alpha value is -2.77. The van der Waals surface area contributed by atoms with E-state index in [2.05, 4.69) is 11.4 Å². The summed E-state index contributed by atoms with van der Waals surface area (Å²) in [5.74, 6) is -1.44. The van der Waals surface area contributed by atoms with Gasteiger partial charge in [-0.25, -0.2) is 0 Å². The van der Waals surface area contributed by atoms with Crippen molar-refractivity contribution < 1.29 is 9.59 Å². The second kappa shape index (κ2) is 8.28. The smallest absolute Gasteiger partial charge is 0.243 e. The van der Waals surface area contributed by atoms with Crippen molar-refractivity contribution in [1.82, 2.24) is 5.32 Å². The molecule has 1 atom stereocenters. The van der Waals surface area contributed by atoms with Crippen molar-refractivity contribution >= 4 is 29.3 Å². The van der Waals surface area contributed by atoms with E-state index in [9.17, 15) is 20.1 Å². The zero-order valence-corrected chi connectivity index (χ0v) is 16.6. The van der Waals surface area contributed by atoms with Crippen molar-refractivity contribution in [2.45, 2.75) is 33.7 Å². The number of rotatable bonds is 5. The van der Waals surface area contributed by atoms with Crippen molar-refractivity contribution in [1.29, 1.82) is 10.5 Å². The van der Waals surface area contributed by atoms with Gasteiger partial charge < -0.3 is 10.2 Å². The number of carbonyl (C=O) groups excluding carboxylic acids is 2. The lowest BCUT2D eigenvalue weighted by atomic mass is 9.72. The average Bonchev–Trinajstić information content (AvgIpc) is 2.60. The second-order valence-electron chi connectivity index (χ2n) is 7.07. The number of nitriles is 2. The first kappa shape index (κ1) is 20.5. The SMILES string of the molecule is CC(C)N(C(=O)CSC1=C(C#N)C(C)(C)[C@@H](C#N)C(=O)N1)c1ccccc1. The fraction of sp³-hybridized carbons (Fsp3) is 0.400. The maximum atomic E-state index is 12.8. The van der Waals surface area contributed by atoms with Gasteiger partial charge in [-0.1, -0.05) is 43.8 Å². The normalized spacial score (nSPS) is 18.5. The number of hydrogen-bond acceptors (Lipinski definition) is 5. The summed E-state index contributed by atoms with van der Waals surface area (Å²) >= 11 is 1.12.